The Hall–Kier alpha value is -2.01. The third-order valence-electron chi connectivity index (χ3n) is 2.74. The molecule has 1 aromatic heterocycles. The summed E-state index contributed by atoms with van der Waals surface area (Å²) < 4.78 is 10.2. The molecule has 0 bridgehead atoms. The minimum absolute atomic E-state index is 0.236. The fraction of sp³-hybridized carbons (Fsp3) is 0.286. The molecule has 5 nitrogen and oxygen atoms in total. The molecule has 1 aromatic carbocycles. The maximum absolute atomic E-state index is 12.1. The van der Waals surface area contributed by atoms with Crippen molar-refractivity contribution in [3.63, 3.8) is 0 Å². The highest BCUT2D eigenvalue weighted by Gasteiger charge is 2.12. The maximum Gasteiger partial charge on any atom is 0.255 e. The van der Waals surface area contributed by atoms with Crippen LogP contribution in [-0.4, -0.2) is 24.7 Å². The minimum atomic E-state index is -0.236. The summed E-state index contributed by atoms with van der Waals surface area (Å²) in [5.41, 5.74) is 1.23. The summed E-state index contributed by atoms with van der Waals surface area (Å²) in [5, 5.41) is 7.07. The van der Waals surface area contributed by atoms with Gasteiger partial charge in [-0.3, -0.25) is 4.79 Å². The molecule has 0 radical (unpaired) electrons. The Morgan fingerprint density at radius 2 is 2.25 bits per heavy atom. The Morgan fingerprint density at radius 1 is 1.45 bits per heavy atom. The van der Waals surface area contributed by atoms with E-state index >= 15 is 0 Å². The standard InChI is InChI=1S/C14H15ClN2O3/c1-9-7-11(20-17-9)5-6-16-14(18)12-8-10(15)3-4-13(12)19-2/h3-4,7-8H,5-6H2,1-2H3,(H,16,18). The van der Waals surface area contributed by atoms with Crippen LogP contribution >= 0.6 is 11.6 Å². The van der Waals surface area contributed by atoms with Crippen molar-refractivity contribution >= 4 is 17.5 Å². The molecular formula is C14H15ClN2O3. The van der Waals surface area contributed by atoms with E-state index in [1.165, 1.54) is 7.11 Å². The van der Waals surface area contributed by atoms with Gasteiger partial charge >= 0.3 is 0 Å². The van der Waals surface area contributed by atoms with Crippen LogP contribution in [0.2, 0.25) is 5.02 Å². The molecule has 1 heterocycles. The van der Waals surface area contributed by atoms with Crippen molar-refractivity contribution in [3.05, 3.63) is 46.3 Å². The summed E-state index contributed by atoms with van der Waals surface area (Å²) in [5.74, 6) is 0.990. The van der Waals surface area contributed by atoms with Gasteiger partial charge in [-0.2, -0.15) is 0 Å². The lowest BCUT2D eigenvalue weighted by molar-refractivity contribution is 0.0950. The molecule has 0 aliphatic rings. The normalized spacial score (nSPS) is 10.3. The quantitative estimate of drug-likeness (QED) is 0.920. The van der Waals surface area contributed by atoms with Crippen LogP contribution in [0.25, 0.3) is 0 Å². The second-order valence-corrected chi connectivity index (χ2v) is 4.72. The number of hydrogen-bond acceptors (Lipinski definition) is 4. The molecule has 2 rings (SSSR count). The summed E-state index contributed by atoms with van der Waals surface area (Å²) in [6.07, 6.45) is 0.579. The monoisotopic (exact) mass is 294 g/mol. The molecule has 0 saturated heterocycles. The molecule has 2 aromatic rings. The number of rotatable bonds is 5. The summed E-state index contributed by atoms with van der Waals surface area (Å²) in [4.78, 5) is 12.1. The van der Waals surface area contributed by atoms with Crippen LogP contribution in [0.3, 0.4) is 0 Å². The first-order chi connectivity index (χ1) is 9.60. The van der Waals surface area contributed by atoms with Crippen molar-refractivity contribution in [3.8, 4) is 5.75 Å². The third kappa shape index (κ3) is 3.51. The number of nitrogens with one attached hydrogen (secondary N) is 1. The number of benzene rings is 1. The number of ether oxygens (including phenoxy) is 1. The van der Waals surface area contributed by atoms with Crippen LogP contribution in [0.15, 0.2) is 28.8 Å². The van der Waals surface area contributed by atoms with E-state index in [1.54, 1.807) is 18.2 Å². The lowest BCUT2D eigenvalue weighted by atomic mass is 10.2. The number of methoxy groups -OCH3 is 1. The number of halogens is 1. The first kappa shape index (κ1) is 14.4. The van der Waals surface area contributed by atoms with Gasteiger partial charge in [0.05, 0.1) is 18.4 Å². The van der Waals surface area contributed by atoms with E-state index in [-0.39, 0.29) is 5.91 Å². The molecule has 0 fully saturated rings. The van der Waals surface area contributed by atoms with Crippen LogP contribution in [0.1, 0.15) is 21.8 Å². The van der Waals surface area contributed by atoms with Crippen molar-refractivity contribution < 1.29 is 14.1 Å². The van der Waals surface area contributed by atoms with E-state index in [2.05, 4.69) is 10.5 Å². The lowest BCUT2D eigenvalue weighted by Gasteiger charge is -2.09. The molecule has 0 atom stereocenters. The second kappa shape index (κ2) is 6.43. The number of aryl methyl sites for hydroxylation is 1. The average Bonchev–Trinajstić information content (AvgIpc) is 2.84. The molecule has 0 aliphatic heterocycles. The van der Waals surface area contributed by atoms with Gasteiger partial charge in [-0.05, 0) is 25.1 Å². The molecule has 0 aliphatic carbocycles. The Morgan fingerprint density at radius 3 is 2.90 bits per heavy atom. The highest BCUT2D eigenvalue weighted by molar-refractivity contribution is 6.31. The van der Waals surface area contributed by atoms with E-state index in [0.717, 1.165) is 11.5 Å². The number of aromatic nitrogens is 1. The van der Waals surface area contributed by atoms with Crippen molar-refractivity contribution in [1.82, 2.24) is 10.5 Å². The van der Waals surface area contributed by atoms with Crippen molar-refractivity contribution in [2.24, 2.45) is 0 Å². The Kier molecular flexibility index (Phi) is 4.63. The highest BCUT2D eigenvalue weighted by atomic mass is 35.5. The first-order valence-electron chi connectivity index (χ1n) is 6.14. The second-order valence-electron chi connectivity index (χ2n) is 4.29. The van der Waals surface area contributed by atoms with Gasteiger partial charge in [0.15, 0.2) is 0 Å². The van der Waals surface area contributed by atoms with E-state index in [9.17, 15) is 4.79 Å². The molecule has 6 heteroatoms. The number of carbonyl (C=O) groups excluding carboxylic acids is 1. The summed E-state index contributed by atoms with van der Waals surface area (Å²) in [7, 11) is 1.51. The average molecular weight is 295 g/mol. The Labute approximate surface area is 121 Å². The van der Waals surface area contributed by atoms with Crippen LogP contribution in [-0.2, 0) is 6.42 Å². The number of carbonyl (C=O) groups is 1. The van der Waals surface area contributed by atoms with E-state index in [0.29, 0.717) is 29.3 Å². The zero-order chi connectivity index (χ0) is 14.5. The van der Waals surface area contributed by atoms with Crippen molar-refractivity contribution in [1.29, 1.82) is 0 Å². The van der Waals surface area contributed by atoms with Crippen molar-refractivity contribution in [2.75, 3.05) is 13.7 Å². The summed E-state index contributed by atoms with van der Waals surface area (Å²) >= 11 is 5.89. The lowest BCUT2D eigenvalue weighted by Crippen LogP contribution is -2.26. The topological polar surface area (TPSA) is 64.4 Å². The van der Waals surface area contributed by atoms with Gasteiger partial charge in [0.2, 0.25) is 0 Å². The smallest absolute Gasteiger partial charge is 0.255 e. The Bertz CT molecular complexity index is 610. The van der Waals surface area contributed by atoms with E-state index < -0.39 is 0 Å². The van der Waals surface area contributed by atoms with Gasteiger partial charge < -0.3 is 14.6 Å². The SMILES string of the molecule is COc1ccc(Cl)cc1C(=O)NCCc1cc(C)no1. The third-order valence-corrected chi connectivity index (χ3v) is 2.97. The molecule has 0 spiro atoms. The molecule has 1 N–H and O–H groups in total. The van der Waals surface area contributed by atoms with Crippen molar-refractivity contribution in [2.45, 2.75) is 13.3 Å². The van der Waals surface area contributed by atoms with Gasteiger partial charge in [0.25, 0.3) is 5.91 Å². The predicted molar refractivity (Wildman–Crippen MR) is 75.3 cm³/mol. The predicted octanol–water partition coefficient (Wildman–Crippen LogP) is 2.62. The fourth-order valence-electron chi connectivity index (χ4n) is 1.79. The summed E-state index contributed by atoms with van der Waals surface area (Å²) in [6.45, 7) is 2.30. The van der Waals surface area contributed by atoms with E-state index in [4.69, 9.17) is 20.9 Å². The van der Waals surface area contributed by atoms with E-state index in [1.807, 2.05) is 13.0 Å². The zero-order valence-electron chi connectivity index (χ0n) is 11.3. The maximum atomic E-state index is 12.1. The van der Waals surface area contributed by atoms with Gasteiger partial charge in [-0.1, -0.05) is 16.8 Å². The molecule has 20 heavy (non-hydrogen) atoms. The van der Waals surface area contributed by atoms with Crippen LogP contribution in [0.5, 0.6) is 5.75 Å². The molecule has 106 valence electrons. The summed E-state index contributed by atoms with van der Waals surface area (Å²) in [6, 6.07) is 6.76. The number of nitrogens with zero attached hydrogens (tertiary/aromatic N) is 1. The molecule has 0 saturated carbocycles. The highest BCUT2D eigenvalue weighted by Crippen LogP contribution is 2.22. The molecule has 0 unspecified atom stereocenters. The minimum Gasteiger partial charge on any atom is -0.496 e. The van der Waals surface area contributed by atoms with Gasteiger partial charge in [-0.15, -0.1) is 0 Å². The van der Waals surface area contributed by atoms with Gasteiger partial charge in [-0.25, -0.2) is 0 Å². The number of hydrogen-bond donors (Lipinski definition) is 1. The molecular weight excluding hydrogens is 280 g/mol. The molecule has 1 amide bonds. The van der Waals surface area contributed by atoms with Crippen LogP contribution in [0.4, 0.5) is 0 Å². The first-order valence-corrected chi connectivity index (χ1v) is 6.52. The zero-order valence-corrected chi connectivity index (χ0v) is 12.0. The Balaban J connectivity index is 1.96. The van der Waals surface area contributed by atoms with Crippen LogP contribution in [0, 0.1) is 6.92 Å². The largest absolute Gasteiger partial charge is 0.496 e. The van der Waals surface area contributed by atoms with Gasteiger partial charge in [0, 0.05) is 24.1 Å². The number of amides is 1. The van der Waals surface area contributed by atoms with Crippen LogP contribution < -0.4 is 10.1 Å². The van der Waals surface area contributed by atoms with Gasteiger partial charge in [0.1, 0.15) is 11.5 Å². The fourth-order valence-corrected chi connectivity index (χ4v) is 1.96.